The topological polar surface area (TPSA) is 47.3 Å². The number of anilines is 1. The fraction of sp³-hybridized carbons (Fsp3) is 0.500. The summed E-state index contributed by atoms with van der Waals surface area (Å²) in [6.45, 7) is 8.99. The Labute approximate surface area is 120 Å². The van der Waals surface area contributed by atoms with Crippen molar-refractivity contribution in [2.24, 2.45) is 5.41 Å². The van der Waals surface area contributed by atoms with E-state index in [4.69, 9.17) is 5.26 Å². The van der Waals surface area contributed by atoms with Crippen molar-refractivity contribution in [1.82, 2.24) is 4.90 Å². The van der Waals surface area contributed by atoms with E-state index < -0.39 is 0 Å². The first-order valence-corrected chi connectivity index (χ1v) is 6.96. The van der Waals surface area contributed by atoms with E-state index in [9.17, 15) is 4.79 Å². The molecule has 2 rings (SSSR count). The SMILES string of the molecule is CC(C)(C)C(=O)N1CCN(c2cccc(C#N)c2)CC1. The highest BCUT2D eigenvalue weighted by molar-refractivity contribution is 5.81. The number of benzene rings is 1. The molecule has 1 fully saturated rings. The molecule has 1 heterocycles. The van der Waals surface area contributed by atoms with Crippen LogP contribution >= 0.6 is 0 Å². The van der Waals surface area contributed by atoms with Crippen LogP contribution in [0.3, 0.4) is 0 Å². The largest absolute Gasteiger partial charge is 0.368 e. The highest BCUT2D eigenvalue weighted by Crippen LogP contribution is 2.21. The number of carbonyl (C=O) groups excluding carboxylic acids is 1. The molecule has 1 aromatic rings. The highest BCUT2D eigenvalue weighted by atomic mass is 16.2. The smallest absolute Gasteiger partial charge is 0.228 e. The Morgan fingerprint density at radius 3 is 2.40 bits per heavy atom. The summed E-state index contributed by atoms with van der Waals surface area (Å²) < 4.78 is 0. The van der Waals surface area contributed by atoms with Gasteiger partial charge in [-0.15, -0.1) is 0 Å². The van der Waals surface area contributed by atoms with Gasteiger partial charge in [0.25, 0.3) is 0 Å². The first kappa shape index (κ1) is 14.4. The minimum atomic E-state index is -0.317. The summed E-state index contributed by atoms with van der Waals surface area (Å²) in [5.41, 5.74) is 1.42. The fourth-order valence-corrected chi connectivity index (χ4v) is 2.41. The summed E-state index contributed by atoms with van der Waals surface area (Å²) in [6, 6.07) is 9.79. The van der Waals surface area contributed by atoms with Crippen molar-refractivity contribution in [3.8, 4) is 6.07 Å². The second kappa shape index (κ2) is 5.54. The molecular weight excluding hydrogens is 250 g/mol. The summed E-state index contributed by atoms with van der Waals surface area (Å²) in [5, 5.41) is 8.94. The summed E-state index contributed by atoms with van der Waals surface area (Å²) >= 11 is 0. The van der Waals surface area contributed by atoms with Crippen LogP contribution in [-0.2, 0) is 4.79 Å². The van der Waals surface area contributed by atoms with Gasteiger partial charge in [0.1, 0.15) is 0 Å². The molecule has 4 heteroatoms. The lowest BCUT2D eigenvalue weighted by Crippen LogP contribution is -2.51. The molecule has 1 aliphatic rings. The number of nitrogens with zero attached hydrogens (tertiary/aromatic N) is 3. The lowest BCUT2D eigenvalue weighted by Gasteiger charge is -2.38. The van der Waals surface area contributed by atoms with Crippen LogP contribution in [0.2, 0.25) is 0 Å². The van der Waals surface area contributed by atoms with E-state index in [1.54, 1.807) is 0 Å². The van der Waals surface area contributed by atoms with Crippen molar-refractivity contribution in [2.75, 3.05) is 31.1 Å². The number of piperazine rings is 1. The van der Waals surface area contributed by atoms with Crippen LogP contribution in [0.5, 0.6) is 0 Å². The summed E-state index contributed by atoms with van der Waals surface area (Å²) in [4.78, 5) is 16.4. The van der Waals surface area contributed by atoms with Gasteiger partial charge in [-0.05, 0) is 18.2 Å². The van der Waals surface area contributed by atoms with Crippen LogP contribution in [0.25, 0.3) is 0 Å². The summed E-state index contributed by atoms with van der Waals surface area (Å²) in [7, 11) is 0. The van der Waals surface area contributed by atoms with E-state index in [1.807, 2.05) is 49.9 Å². The van der Waals surface area contributed by atoms with Gasteiger partial charge in [0, 0.05) is 37.3 Å². The minimum Gasteiger partial charge on any atom is -0.368 e. The number of rotatable bonds is 1. The lowest BCUT2D eigenvalue weighted by molar-refractivity contribution is -0.139. The molecule has 1 aliphatic heterocycles. The predicted molar refractivity (Wildman–Crippen MR) is 79.4 cm³/mol. The van der Waals surface area contributed by atoms with Gasteiger partial charge in [-0.2, -0.15) is 5.26 Å². The highest BCUT2D eigenvalue weighted by Gasteiger charge is 2.29. The average Bonchev–Trinajstić information content (AvgIpc) is 2.46. The van der Waals surface area contributed by atoms with E-state index in [2.05, 4.69) is 11.0 Å². The molecule has 1 amide bonds. The average molecular weight is 271 g/mol. The van der Waals surface area contributed by atoms with Crippen LogP contribution in [-0.4, -0.2) is 37.0 Å². The van der Waals surface area contributed by atoms with Gasteiger partial charge in [-0.1, -0.05) is 26.8 Å². The van der Waals surface area contributed by atoms with Crippen LogP contribution in [0, 0.1) is 16.7 Å². The Bertz CT molecular complexity index is 531. The van der Waals surface area contributed by atoms with Crippen LogP contribution in [0.1, 0.15) is 26.3 Å². The molecule has 0 bridgehead atoms. The molecule has 0 atom stereocenters. The zero-order valence-electron chi connectivity index (χ0n) is 12.4. The maximum Gasteiger partial charge on any atom is 0.228 e. The van der Waals surface area contributed by atoms with E-state index in [-0.39, 0.29) is 11.3 Å². The molecule has 0 N–H and O–H groups in total. The molecule has 4 nitrogen and oxygen atoms in total. The van der Waals surface area contributed by atoms with Crippen molar-refractivity contribution in [3.63, 3.8) is 0 Å². The molecule has 0 aromatic heterocycles. The second-order valence-corrected chi connectivity index (χ2v) is 6.19. The van der Waals surface area contributed by atoms with Gasteiger partial charge in [-0.25, -0.2) is 0 Å². The first-order valence-electron chi connectivity index (χ1n) is 6.96. The number of hydrogen-bond acceptors (Lipinski definition) is 3. The van der Waals surface area contributed by atoms with E-state index in [1.165, 1.54) is 0 Å². The van der Waals surface area contributed by atoms with Gasteiger partial charge in [0.2, 0.25) is 5.91 Å². The van der Waals surface area contributed by atoms with Crippen molar-refractivity contribution < 1.29 is 4.79 Å². The number of amides is 1. The third kappa shape index (κ3) is 3.11. The van der Waals surface area contributed by atoms with Gasteiger partial charge >= 0.3 is 0 Å². The fourth-order valence-electron chi connectivity index (χ4n) is 2.41. The van der Waals surface area contributed by atoms with Crippen LogP contribution < -0.4 is 4.90 Å². The number of hydrogen-bond donors (Lipinski definition) is 0. The van der Waals surface area contributed by atoms with Gasteiger partial charge in [0.15, 0.2) is 0 Å². The van der Waals surface area contributed by atoms with E-state index in [0.717, 1.165) is 31.9 Å². The zero-order valence-corrected chi connectivity index (χ0v) is 12.4. The van der Waals surface area contributed by atoms with Gasteiger partial charge in [0.05, 0.1) is 11.6 Å². The maximum absolute atomic E-state index is 12.2. The molecule has 106 valence electrons. The molecule has 0 aliphatic carbocycles. The number of nitriles is 1. The molecule has 0 unspecified atom stereocenters. The molecule has 0 spiro atoms. The molecule has 1 aromatic carbocycles. The maximum atomic E-state index is 12.2. The molecule has 0 radical (unpaired) electrons. The van der Waals surface area contributed by atoms with Crippen molar-refractivity contribution >= 4 is 11.6 Å². The zero-order chi connectivity index (χ0) is 14.8. The predicted octanol–water partition coefficient (Wildman–Crippen LogP) is 2.25. The monoisotopic (exact) mass is 271 g/mol. The van der Waals surface area contributed by atoms with Crippen molar-refractivity contribution in [2.45, 2.75) is 20.8 Å². The van der Waals surface area contributed by atoms with Crippen LogP contribution in [0.4, 0.5) is 5.69 Å². The normalized spacial score (nSPS) is 15.9. The Morgan fingerprint density at radius 2 is 1.85 bits per heavy atom. The van der Waals surface area contributed by atoms with Crippen LogP contribution in [0.15, 0.2) is 24.3 Å². The standard InChI is InChI=1S/C16H21N3O/c1-16(2,3)15(20)19-9-7-18(8-10-19)14-6-4-5-13(11-14)12-17/h4-6,11H,7-10H2,1-3H3. The quantitative estimate of drug-likeness (QED) is 0.787. The lowest BCUT2D eigenvalue weighted by atomic mass is 9.94. The first-order chi connectivity index (χ1) is 9.41. The van der Waals surface area contributed by atoms with Gasteiger partial charge in [-0.3, -0.25) is 4.79 Å². The third-order valence-corrected chi connectivity index (χ3v) is 3.55. The Kier molecular flexibility index (Phi) is 3.99. The second-order valence-electron chi connectivity index (χ2n) is 6.19. The van der Waals surface area contributed by atoms with E-state index >= 15 is 0 Å². The van der Waals surface area contributed by atoms with Crippen molar-refractivity contribution in [1.29, 1.82) is 5.26 Å². The Hall–Kier alpha value is -2.02. The Morgan fingerprint density at radius 1 is 1.20 bits per heavy atom. The van der Waals surface area contributed by atoms with Gasteiger partial charge < -0.3 is 9.80 Å². The number of carbonyl (C=O) groups is 1. The molecule has 20 heavy (non-hydrogen) atoms. The van der Waals surface area contributed by atoms with E-state index in [0.29, 0.717) is 5.56 Å². The molecule has 1 saturated heterocycles. The van der Waals surface area contributed by atoms with Crippen molar-refractivity contribution in [3.05, 3.63) is 29.8 Å². The summed E-state index contributed by atoms with van der Waals surface area (Å²) in [5.74, 6) is 0.211. The molecular formula is C16H21N3O. The third-order valence-electron chi connectivity index (χ3n) is 3.55. The summed E-state index contributed by atoms with van der Waals surface area (Å²) in [6.07, 6.45) is 0. The molecule has 0 saturated carbocycles. The Balaban J connectivity index is 2.01. The minimum absolute atomic E-state index is 0.211.